The van der Waals surface area contributed by atoms with Crippen LogP contribution in [0.4, 0.5) is 0 Å². The van der Waals surface area contributed by atoms with Gasteiger partial charge in [-0.25, -0.2) is 9.97 Å². The average molecular weight is 234 g/mol. The van der Waals surface area contributed by atoms with Gasteiger partial charge in [0.2, 0.25) is 5.82 Å². The molecule has 0 spiro atoms. The Kier molecular flexibility index (Phi) is 3.38. The predicted molar refractivity (Wildman–Crippen MR) is 64.9 cm³/mol. The Morgan fingerprint density at radius 3 is 2.18 bits per heavy atom. The number of piperazine rings is 1. The van der Waals surface area contributed by atoms with Crippen LogP contribution < -0.4 is 0 Å². The number of nitrogens with zero attached hydrogens (tertiary/aromatic N) is 4. The second kappa shape index (κ2) is 4.79. The Balaban J connectivity index is 2.14. The summed E-state index contributed by atoms with van der Waals surface area (Å²) < 4.78 is 0. The highest BCUT2D eigenvalue weighted by atomic mass is 16.2. The van der Waals surface area contributed by atoms with Crippen LogP contribution in [-0.4, -0.2) is 58.9 Å². The van der Waals surface area contributed by atoms with Gasteiger partial charge in [-0.15, -0.1) is 0 Å². The highest BCUT2D eigenvalue weighted by Gasteiger charge is 2.22. The molecule has 1 amide bonds. The third-order valence-electron chi connectivity index (χ3n) is 2.96. The molecule has 5 heteroatoms. The molecular formula is C12H18N4O. The molecule has 0 unspecified atom stereocenters. The number of hydrogen-bond donors (Lipinski definition) is 0. The first-order valence-electron chi connectivity index (χ1n) is 5.86. The third kappa shape index (κ3) is 2.79. The van der Waals surface area contributed by atoms with E-state index >= 15 is 0 Å². The molecule has 17 heavy (non-hydrogen) atoms. The van der Waals surface area contributed by atoms with Gasteiger partial charge < -0.3 is 9.80 Å². The minimum absolute atomic E-state index is 0.0510. The molecule has 1 aromatic heterocycles. The molecule has 0 bridgehead atoms. The van der Waals surface area contributed by atoms with Crippen molar-refractivity contribution in [1.29, 1.82) is 0 Å². The van der Waals surface area contributed by atoms with E-state index in [1.807, 2.05) is 24.8 Å². The van der Waals surface area contributed by atoms with Crippen LogP contribution in [0.5, 0.6) is 0 Å². The highest BCUT2D eigenvalue weighted by Crippen LogP contribution is 2.06. The molecule has 1 fully saturated rings. The van der Waals surface area contributed by atoms with Crippen LogP contribution in [0.2, 0.25) is 0 Å². The summed E-state index contributed by atoms with van der Waals surface area (Å²) in [7, 11) is 2.06. The average Bonchev–Trinajstić information content (AvgIpc) is 2.28. The number of hydrogen-bond acceptors (Lipinski definition) is 4. The molecule has 1 aromatic rings. The molecule has 0 N–H and O–H groups in total. The van der Waals surface area contributed by atoms with Gasteiger partial charge in [-0.3, -0.25) is 4.79 Å². The van der Waals surface area contributed by atoms with Crippen molar-refractivity contribution in [2.75, 3.05) is 33.2 Å². The second-order valence-electron chi connectivity index (χ2n) is 4.57. The molecule has 0 atom stereocenters. The van der Waals surface area contributed by atoms with Crippen LogP contribution >= 0.6 is 0 Å². The number of carbonyl (C=O) groups is 1. The summed E-state index contributed by atoms with van der Waals surface area (Å²) in [5.74, 6) is 0.275. The Morgan fingerprint density at radius 2 is 1.65 bits per heavy atom. The maximum Gasteiger partial charge on any atom is 0.291 e. The molecule has 2 heterocycles. The Labute approximate surface area is 101 Å². The molecule has 0 aliphatic carbocycles. The van der Waals surface area contributed by atoms with Crippen molar-refractivity contribution in [3.8, 4) is 0 Å². The zero-order valence-electron chi connectivity index (χ0n) is 10.6. The Morgan fingerprint density at radius 1 is 1.12 bits per heavy atom. The van der Waals surface area contributed by atoms with E-state index in [1.165, 1.54) is 0 Å². The quantitative estimate of drug-likeness (QED) is 0.709. The van der Waals surface area contributed by atoms with Crippen LogP contribution in [0.25, 0.3) is 0 Å². The molecule has 1 aliphatic rings. The van der Waals surface area contributed by atoms with E-state index in [-0.39, 0.29) is 5.91 Å². The lowest BCUT2D eigenvalue weighted by molar-refractivity contribution is 0.0651. The zero-order valence-corrected chi connectivity index (χ0v) is 10.6. The lowest BCUT2D eigenvalue weighted by Crippen LogP contribution is -2.47. The van der Waals surface area contributed by atoms with E-state index in [0.717, 1.165) is 37.6 Å². The number of aryl methyl sites for hydroxylation is 2. The van der Waals surface area contributed by atoms with Gasteiger partial charge in [-0.05, 0) is 27.0 Å². The van der Waals surface area contributed by atoms with E-state index in [9.17, 15) is 4.79 Å². The summed E-state index contributed by atoms with van der Waals surface area (Å²) in [5, 5.41) is 0. The fourth-order valence-corrected chi connectivity index (χ4v) is 1.97. The van der Waals surface area contributed by atoms with Gasteiger partial charge in [-0.2, -0.15) is 0 Å². The molecular weight excluding hydrogens is 216 g/mol. The van der Waals surface area contributed by atoms with Gasteiger partial charge in [0.15, 0.2) is 0 Å². The van der Waals surface area contributed by atoms with E-state index < -0.39 is 0 Å². The van der Waals surface area contributed by atoms with Gasteiger partial charge in [0.1, 0.15) is 0 Å². The molecule has 92 valence electrons. The van der Waals surface area contributed by atoms with Crippen molar-refractivity contribution in [3.05, 3.63) is 23.3 Å². The van der Waals surface area contributed by atoms with Crippen molar-refractivity contribution < 1.29 is 4.79 Å². The lowest BCUT2D eigenvalue weighted by Gasteiger charge is -2.31. The van der Waals surface area contributed by atoms with Gasteiger partial charge in [0.05, 0.1) is 0 Å². The second-order valence-corrected chi connectivity index (χ2v) is 4.57. The summed E-state index contributed by atoms with van der Waals surface area (Å²) in [6.07, 6.45) is 0. The van der Waals surface area contributed by atoms with E-state index in [4.69, 9.17) is 0 Å². The van der Waals surface area contributed by atoms with Gasteiger partial charge in [0, 0.05) is 37.6 Å². The smallest absolute Gasteiger partial charge is 0.291 e. The number of likely N-dealkylation sites (N-methyl/N-ethyl adjacent to an activating group) is 1. The number of carbonyl (C=O) groups excluding carboxylic acids is 1. The summed E-state index contributed by atoms with van der Waals surface area (Å²) in [5.41, 5.74) is 1.69. The van der Waals surface area contributed by atoms with E-state index in [0.29, 0.717) is 5.82 Å². The normalized spacial score (nSPS) is 17.2. The van der Waals surface area contributed by atoms with Crippen molar-refractivity contribution in [2.24, 2.45) is 0 Å². The summed E-state index contributed by atoms with van der Waals surface area (Å²) in [6.45, 7) is 7.11. The maximum absolute atomic E-state index is 12.2. The number of aromatic nitrogens is 2. The maximum atomic E-state index is 12.2. The number of rotatable bonds is 1. The van der Waals surface area contributed by atoms with Gasteiger partial charge in [0.25, 0.3) is 5.91 Å². The largest absolute Gasteiger partial charge is 0.333 e. The van der Waals surface area contributed by atoms with E-state index in [2.05, 4.69) is 21.9 Å². The fraction of sp³-hybridized carbons (Fsp3) is 0.583. The monoisotopic (exact) mass is 234 g/mol. The summed E-state index contributed by atoms with van der Waals surface area (Å²) >= 11 is 0. The molecule has 1 aliphatic heterocycles. The van der Waals surface area contributed by atoms with Crippen LogP contribution in [0.3, 0.4) is 0 Å². The van der Waals surface area contributed by atoms with Crippen LogP contribution in [0, 0.1) is 13.8 Å². The van der Waals surface area contributed by atoms with Gasteiger partial charge >= 0.3 is 0 Å². The first-order chi connectivity index (χ1) is 8.06. The minimum atomic E-state index is -0.0510. The zero-order chi connectivity index (χ0) is 12.4. The number of amides is 1. The lowest BCUT2D eigenvalue weighted by atomic mass is 10.3. The standard InChI is InChI=1S/C12H18N4O/c1-9-8-10(2)14-11(13-9)12(17)16-6-4-15(3)5-7-16/h8H,4-7H2,1-3H3. The van der Waals surface area contributed by atoms with E-state index in [1.54, 1.807) is 0 Å². The predicted octanol–water partition coefficient (Wildman–Crippen LogP) is 0.481. The van der Waals surface area contributed by atoms with Crippen LogP contribution in [0.1, 0.15) is 22.0 Å². The summed E-state index contributed by atoms with van der Waals surface area (Å²) in [6, 6.07) is 1.88. The Hall–Kier alpha value is -1.49. The molecule has 0 radical (unpaired) electrons. The fourth-order valence-electron chi connectivity index (χ4n) is 1.97. The summed E-state index contributed by atoms with van der Waals surface area (Å²) in [4.78, 5) is 24.7. The molecule has 5 nitrogen and oxygen atoms in total. The van der Waals surface area contributed by atoms with Crippen molar-refractivity contribution in [1.82, 2.24) is 19.8 Å². The topological polar surface area (TPSA) is 49.3 Å². The van der Waals surface area contributed by atoms with Crippen molar-refractivity contribution in [3.63, 3.8) is 0 Å². The molecule has 0 saturated carbocycles. The van der Waals surface area contributed by atoms with Crippen molar-refractivity contribution in [2.45, 2.75) is 13.8 Å². The molecule has 1 saturated heterocycles. The van der Waals surface area contributed by atoms with Gasteiger partial charge in [-0.1, -0.05) is 0 Å². The Bertz CT molecular complexity index is 404. The first kappa shape index (κ1) is 12.0. The van der Waals surface area contributed by atoms with Crippen LogP contribution in [-0.2, 0) is 0 Å². The molecule has 0 aromatic carbocycles. The first-order valence-corrected chi connectivity index (χ1v) is 5.86. The third-order valence-corrected chi connectivity index (χ3v) is 2.96. The molecule has 2 rings (SSSR count). The van der Waals surface area contributed by atoms with Crippen LogP contribution in [0.15, 0.2) is 6.07 Å². The van der Waals surface area contributed by atoms with Crippen molar-refractivity contribution >= 4 is 5.91 Å². The highest BCUT2D eigenvalue weighted by molar-refractivity contribution is 5.90. The minimum Gasteiger partial charge on any atom is -0.333 e. The SMILES string of the molecule is Cc1cc(C)nc(C(=O)N2CCN(C)CC2)n1.